The Balaban J connectivity index is 2.42. The van der Waals surface area contributed by atoms with Crippen LogP contribution in [0, 0.1) is 23.4 Å². The first-order valence-electron chi connectivity index (χ1n) is 5.14. The van der Waals surface area contributed by atoms with Gasteiger partial charge in [0.1, 0.15) is 4.90 Å². The molecule has 0 spiro atoms. The summed E-state index contributed by atoms with van der Waals surface area (Å²) in [5.74, 6) is -5.71. The van der Waals surface area contributed by atoms with Crippen molar-refractivity contribution in [3.63, 3.8) is 0 Å². The molecule has 0 radical (unpaired) electrons. The number of benzene rings is 1. The van der Waals surface area contributed by atoms with E-state index < -0.39 is 38.1 Å². The fourth-order valence-electron chi connectivity index (χ4n) is 1.36. The third kappa shape index (κ3) is 2.59. The summed E-state index contributed by atoms with van der Waals surface area (Å²) >= 11 is 0. The summed E-state index contributed by atoms with van der Waals surface area (Å²) in [6.07, 6.45) is 1.82. The standard InChI is InChI=1S/C10H10F3NO3S/c11-8-6(17-4-5-1-2-5)3-7(18(14,15)16)9(12)10(8)13/h3,5H,1-2,4H2,(H2,14,15,16). The van der Waals surface area contributed by atoms with Gasteiger partial charge in [-0.15, -0.1) is 0 Å². The van der Waals surface area contributed by atoms with Crippen LogP contribution < -0.4 is 9.88 Å². The van der Waals surface area contributed by atoms with Gasteiger partial charge in [0.05, 0.1) is 6.61 Å². The maximum Gasteiger partial charge on any atom is 0.241 e. The Kier molecular flexibility index (Phi) is 3.24. The Morgan fingerprint density at radius 1 is 1.22 bits per heavy atom. The molecular formula is C10H10F3NO3S. The molecule has 8 heteroatoms. The maximum absolute atomic E-state index is 13.3. The van der Waals surface area contributed by atoms with Gasteiger partial charge in [0.2, 0.25) is 15.8 Å². The maximum atomic E-state index is 13.3. The van der Waals surface area contributed by atoms with Crippen LogP contribution in [0.4, 0.5) is 13.2 Å². The minimum absolute atomic E-state index is 0.131. The molecule has 2 N–H and O–H groups in total. The van der Waals surface area contributed by atoms with Gasteiger partial charge in [0.25, 0.3) is 0 Å². The predicted molar refractivity (Wildman–Crippen MR) is 55.9 cm³/mol. The van der Waals surface area contributed by atoms with Crippen LogP contribution in [0.3, 0.4) is 0 Å². The summed E-state index contributed by atoms with van der Waals surface area (Å²) in [6.45, 7) is 0.131. The highest BCUT2D eigenvalue weighted by atomic mass is 32.2. The third-order valence-electron chi connectivity index (χ3n) is 2.56. The molecule has 1 aliphatic carbocycles. The second kappa shape index (κ2) is 4.43. The highest BCUT2D eigenvalue weighted by Crippen LogP contribution is 2.32. The Morgan fingerprint density at radius 3 is 2.33 bits per heavy atom. The summed E-state index contributed by atoms with van der Waals surface area (Å²) in [6, 6.07) is 0.561. The molecule has 0 heterocycles. The molecule has 1 fully saturated rings. The van der Waals surface area contributed by atoms with Gasteiger partial charge >= 0.3 is 0 Å². The molecule has 18 heavy (non-hydrogen) atoms. The van der Waals surface area contributed by atoms with E-state index >= 15 is 0 Å². The van der Waals surface area contributed by atoms with Crippen molar-refractivity contribution in [2.45, 2.75) is 17.7 Å². The second-order valence-electron chi connectivity index (χ2n) is 4.11. The molecule has 1 aliphatic rings. The average Bonchev–Trinajstić information content (AvgIpc) is 3.07. The average molecular weight is 281 g/mol. The molecule has 1 aromatic rings. The van der Waals surface area contributed by atoms with Gasteiger partial charge in [0, 0.05) is 6.07 Å². The summed E-state index contributed by atoms with van der Waals surface area (Å²) in [4.78, 5) is -1.12. The van der Waals surface area contributed by atoms with Gasteiger partial charge in [-0.25, -0.2) is 22.3 Å². The Bertz CT molecular complexity index is 585. The van der Waals surface area contributed by atoms with E-state index in [1.54, 1.807) is 0 Å². The zero-order valence-corrected chi connectivity index (χ0v) is 9.94. The van der Waals surface area contributed by atoms with E-state index in [2.05, 4.69) is 0 Å². The lowest BCUT2D eigenvalue weighted by molar-refractivity contribution is 0.275. The Hall–Kier alpha value is -1.28. The zero-order valence-electron chi connectivity index (χ0n) is 9.12. The van der Waals surface area contributed by atoms with Gasteiger partial charge in [-0.05, 0) is 18.8 Å². The lowest BCUT2D eigenvalue weighted by Gasteiger charge is -2.10. The van der Waals surface area contributed by atoms with Gasteiger partial charge in [-0.1, -0.05) is 0 Å². The molecule has 1 aromatic carbocycles. The monoisotopic (exact) mass is 281 g/mol. The van der Waals surface area contributed by atoms with Gasteiger partial charge < -0.3 is 4.74 Å². The van der Waals surface area contributed by atoms with Crippen molar-refractivity contribution in [1.29, 1.82) is 0 Å². The van der Waals surface area contributed by atoms with Crippen LogP contribution in [0.5, 0.6) is 5.75 Å². The van der Waals surface area contributed by atoms with Crippen LogP contribution in [0.25, 0.3) is 0 Å². The van der Waals surface area contributed by atoms with Crippen LogP contribution in [0.2, 0.25) is 0 Å². The summed E-state index contributed by atoms with van der Waals surface area (Å²) in [7, 11) is -4.48. The number of hydrogen-bond acceptors (Lipinski definition) is 3. The van der Waals surface area contributed by atoms with Crippen LogP contribution in [0.15, 0.2) is 11.0 Å². The van der Waals surface area contributed by atoms with Crippen LogP contribution >= 0.6 is 0 Å². The number of ether oxygens (including phenoxy) is 1. The smallest absolute Gasteiger partial charge is 0.241 e. The van der Waals surface area contributed by atoms with E-state index in [-0.39, 0.29) is 12.5 Å². The van der Waals surface area contributed by atoms with Crippen LogP contribution in [-0.4, -0.2) is 15.0 Å². The van der Waals surface area contributed by atoms with E-state index in [4.69, 9.17) is 9.88 Å². The van der Waals surface area contributed by atoms with Gasteiger partial charge in [-0.3, -0.25) is 0 Å². The van der Waals surface area contributed by atoms with E-state index in [0.717, 1.165) is 12.8 Å². The summed E-state index contributed by atoms with van der Waals surface area (Å²) < 4.78 is 66.7. The molecule has 2 rings (SSSR count). The molecule has 0 atom stereocenters. The molecule has 100 valence electrons. The quantitative estimate of drug-likeness (QED) is 0.851. The Labute approximate surface area is 102 Å². The molecule has 0 aliphatic heterocycles. The number of nitrogens with two attached hydrogens (primary N) is 1. The van der Waals surface area contributed by atoms with E-state index in [1.807, 2.05) is 0 Å². The molecular weight excluding hydrogens is 271 g/mol. The van der Waals surface area contributed by atoms with Crippen molar-refractivity contribution in [3.05, 3.63) is 23.5 Å². The fraction of sp³-hybridized carbons (Fsp3) is 0.400. The normalized spacial score (nSPS) is 15.8. The van der Waals surface area contributed by atoms with Crippen molar-refractivity contribution >= 4 is 10.0 Å². The fourth-order valence-corrected chi connectivity index (χ4v) is 1.97. The van der Waals surface area contributed by atoms with Crippen molar-refractivity contribution in [2.24, 2.45) is 11.1 Å². The highest BCUT2D eigenvalue weighted by molar-refractivity contribution is 7.89. The first kappa shape index (κ1) is 13.2. The predicted octanol–water partition coefficient (Wildman–Crippen LogP) is 1.54. The molecule has 1 saturated carbocycles. The Morgan fingerprint density at radius 2 is 1.83 bits per heavy atom. The molecule has 4 nitrogen and oxygen atoms in total. The van der Waals surface area contributed by atoms with E-state index in [0.29, 0.717) is 6.07 Å². The van der Waals surface area contributed by atoms with Crippen molar-refractivity contribution < 1.29 is 26.3 Å². The molecule has 0 saturated heterocycles. The number of rotatable bonds is 4. The number of primary sulfonamides is 1. The molecule has 0 amide bonds. The van der Waals surface area contributed by atoms with Gasteiger partial charge in [0.15, 0.2) is 17.4 Å². The summed E-state index contributed by atoms with van der Waals surface area (Å²) in [5.41, 5.74) is 0. The number of sulfonamides is 1. The molecule has 0 unspecified atom stereocenters. The first-order valence-corrected chi connectivity index (χ1v) is 6.68. The lowest BCUT2D eigenvalue weighted by atomic mass is 10.3. The SMILES string of the molecule is NS(=O)(=O)c1cc(OCC2CC2)c(F)c(F)c1F. The van der Waals surface area contributed by atoms with Gasteiger partial charge in [-0.2, -0.15) is 4.39 Å². The molecule has 0 bridgehead atoms. The van der Waals surface area contributed by atoms with E-state index in [1.165, 1.54) is 0 Å². The summed E-state index contributed by atoms with van der Waals surface area (Å²) in [5, 5.41) is 4.70. The van der Waals surface area contributed by atoms with Crippen LogP contribution in [-0.2, 0) is 10.0 Å². The zero-order chi connectivity index (χ0) is 13.5. The number of hydrogen-bond donors (Lipinski definition) is 1. The minimum atomic E-state index is -4.48. The minimum Gasteiger partial charge on any atom is -0.490 e. The van der Waals surface area contributed by atoms with Crippen molar-refractivity contribution in [2.75, 3.05) is 6.61 Å². The largest absolute Gasteiger partial charge is 0.490 e. The van der Waals surface area contributed by atoms with E-state index in [9.17, 15) is 21.6 Å². The molecule has 0 aromatic heterocycles. The van der Waals surface area contributed by atoms with Crippen molar-refractivity contribution in [1.82, 2.24) is 0 Å². The van der Waals surface area contributed by atoms with Crippen molar-refractivity contribution in [3.8, 4) is 5.75 Å². The van der Waals surface area contributed by atoms with Crippen LogP contribution in [0.1, 0.15) is 12.8 Å². The topological polar surface area (TPSA) is 69.4 Å². The second-order valence-corrected chi connectivity index (χ2v) is 5.64. The lowest BCUT2D eigenvalue weighted by Crippen LogP contribution is -2.16. The number of halogens is 3. The highest BCUT2D eigenvalue weighted by Gasteiger charge is 2.27. The third-order valence-corrected chi connectivity index (χ3v) is 3.47. The first-order chi connectivity index (χ1) is 8.30.